The van der Waals surface area contributed by atoms with Crippen LogP contribution in [0.1, 0.15) is 26.7 Å². The summed E-state index contributed by atoms with van der Waals surface area (Å²) in [7, 11) is 0. The van der Waals surface area contributed by atoms with Gasteiger partial charge in [0.15, 0.2) is 0 Å². The van der Waals surface area contributed by atoms with Crippen molar-refractivity contribution in [3.8, 4) is 0 Å². The van der Waals surface area contributed by atoms with E-state index in [1.54, 1.807) is 19.1 Å². The van der Waals surface area contributed by atoms with Gasteiger partial charge < -0.3 is 0 Å². The zero-order valence-corrected chi connectivity index (χ0v) is 7.63. The van der Waals surface area contributed by atoms with Gasteiger partial charge in [-0.05, 0) is 25.7 Å². The summed E-state index contributed by atoms with van der Waals surface area (Å²) < 4.78 is 26.4. The number of halogens is 2. The fourth-order valence-electron chi connectivity index (χ4n) is 1.77. The molecule has 0 bridgehead atoms. The highest BCUT2D eigenvalue weighted by Crippen LogP contribution is 2.34. The molecule has 0 spiro atoms. The third-order valence-electron chi connectivity index (χ3n) is 2.65. The van der Waals surface area contributed by atoms with Crippen LogP contribution in [-0.2, 0) is 0 Å². The van der Waals surface area contributed by atoms with Gasteiger partial charge in [-0.2, -0.15) is 0 Å². The van der Waals surface area contributed by atoms with Gasteiger partial charge in [-0.25, -0.2) is 8.78 Å². The standard InChI is InChI=1S/C10H16F2/c1-3-4-8-6-5-7(2)9(11)10(8)12/h3-4,7-10H,5-6H2,1-2H3/b4-3+. The van der Waals surface area contributed by atoms with E-state index in [1.165, 1.54) is 0 Å². The molecule has 70 valence electrons. The molecule has 0 nitrogen and oxygen atoms in total. The lowest BCUT2D eigenvalue weighted by Gasteiger charge is -2.31. The Morgan fingerprint density at radius 3 is 2.42 bits per heavy atom. The molecular formula is C10H16F2. The summed E-state index contributed by atoms with van der Waals surface area (Å²) in [6.45, 7) is 3.63. The molecule has 0 heterocycles. The third kappa shape index (κ3) is 1.85. The van der Waals surface area contributed by atoms with Crippen LogP contribution in [0.15, 0.2) is 12.2 Å². The Bertz CT molecular complexity index is 165. The number of alkyl halides is 2. The normalized spacial score (nSPS) is 43.7. The van der Waals surface area contributed by atoms with Gasteiger partial charge >= 0.3 is 0 Å². The van der Waals surface area contributed by atoms with E-state index in [0.29, 0.717) is 0 Å². The van der Waals surface area contributed by atoms with Crippen molar-refractivity contribution in [2.24, 2.45) is 11.8 Å². The molecule has 4 atom stereocenters. The molecule has 0 amide bonds. The Balaban J connectivity index is 2.58. The van der Waals surface area contributed by atoms with Crippen molar-refractivity contribution in [1.82, 2.24) is 0 Å². The second kappa shape index (κ2) is 4.01. The van der Waals surface area contributed by atoms with Crippen molar-refractivity contribution in [1.29, 1.82) is 0 Å². The molecule has 12 heavy (non-hydrogen) atoms. The first kappa shape index (κ1) is 9.69. The van der Waals surface area contributed by atoms with Gasteiger partial charge in [-0.15, -0.1) is 0 Å². The molecule has 1 aliphatic rings. The smallest absolute Gasteiger partial charge is 0.138 e. The second-order valence-corrected chi connectivity index (χ2v) is 3.63. The maximum Gasteiger partial charge on any atom is 0.138 e. The lowest BCUT2D eigenvalue weighted by Crippen LogP contribution is -2.35. The summed E-state index contributed by atoms with van der Waals surface area (Å²) in [6.07, 6.45) is 2.62. The van der Waals surface area contributed by atoms with Crippen molar-refractivity contribution in [3.63, 3.8) is 0 Å². The minimum absolute atomic E-state index is 0.110. The Morgan fingerprint density at radius 2 is 1.83 bits per heavy atom. The molecule has 0 radical (unpaired) electrons. The van der Waals surface area contributed by atoms with E-state index in [2.05, 4.69) is 0 Å². The first-order chi connectivity index (χ1) is 5.66. The van der Waals surface area contributed by atoms with Crippen LogP contribution in [0.5, 0.6) is 0 Å². The SMILES string of the molecule is C/C=C/C1CCC(C)C(F)C1F. The van der Waals surface area contributed by atoms with Gasteiger partial charge in [-0.1, -0.05) is 19.1 Å². The molecule has 1 fully saturated rings. The van der Waals surface area contributed by atoms with Crippen molar-refractivity contribution < 1.29 is 8.78 Å². The maximum atomic E-state index is 13.3. The fraction of sp³-hybridized carbons (Fsp3) is 0.800. The molecule has 0 aliphatic heterocycles. The third-order valence-corrected chi connectivity index (χ3v) is 2.65. The van der Waals surface area contributed by atoms with Gasteiger partial charge in [-0.3, -0.25) is 0 Å². The minimum Gasteiger partial charge on any atom is -0.244 e. The lowest BCUT2D eigenvalue weighted by atomic mass is 9.80. The molecule has 4 unspecified atom stereocenters. The highest BCUT2D eigenvalue weighted by molar-refractivity contribution is 4.97. The summed E-state index contributed by atoms with van der Waals surface area (Å²) in [6, 6.07) is 0. The number of rotatable bonds is 1. The predicted octanol–water partition coefficient (Wildman–Crippen LogP) is 3.28. The molecule has 0 N–H and O–H groups in total. The summed E-state index contributed by atoms with van der Waals surface area (Å²) in [5.74, 6) is -0.303. The van der Waals surface area contributed by atoms with Crippen LogP contribution in [0.4, 0.5) is 8.78 Å². The minimum atomic E-state index is -1.29. The first-order valence-electron chi connectivity index (χ1n) is 4.57. The second-order valence-electron chi connectivity index (χ2n) is 3.63. The van der Waals surface area contributed by atoms with Crippen molar-refractivity contribution >= 4 is 0 Å². The molecule has 1 rings (SSSR count). The van der Waals surface area contributed by atoms with Crippen LogP contribution in [0.3, 0.4) is 0 Å². The van der Waals surface area contributed by atoms with E-state index in [0.717, 1.165) is 12.8 Å². The quantitative estimate of drug-likeness (QED) is 0.535. The molecule has 0 saturated heterocycles. The highest BCUT2D eigenvalue weighted by atomic mass is 19.2. The lowest BCUT2D eigenvalue weighted by molar-refractivity contribution is 0.0468. The average molecular weight is 174 g/mol. The topological polar surface area (TPSA) is 0 Å². The van der Waals surface area contributed by atoms with Crippen LogP contribution in [0, 0.1) is 11.8 Å². The van der Waals surface area contributed by atoms with Gasteiger partial charge in [0.2, 0.25) is 0 Å². The van der Waals surface area contributed by atoms with Gasteiger partial charge in [0.25, 0.3) is 0 Å². The Morgan fingerprint density at radius 1 is 1.17 bits per heavy atom. The van der Waals surface area contributed by atoms with Crippen molar-refractivity contribution in [3.05, 3.63) is 12.2 Å². The summed E-state index contributed by atoms with van der Waals surface area (Å²) in [5, 5.41) is 0. The number of allylic oxidation sites excluding steroid dienone is 2. The van der Waals surface area contributed by atoms with E-state index in [4.69, 9.17) is 0 Å². The Labute approximate surface area is 72.7 Å². The molecule has 0 aromatic carbocycles. The zero-order chi connectivity index (χ0) is 9.14. The molecule has 1 saturated carbocycles. The molecule has 2 heteroatoms. The Kier molecular flexibility index (Phi) is 3.24. The largest absolute Gasteiger partial charge is 0.244 e. The number of hydrogen-bond donors (Lipinski definition) is 0. The average Bonchev–Trinajstić information content (AvgIpc) is 2.07. The van der Waals surface area contributed by atoms with E-state index in [-0.39, 0.29) is 11.8 Å². The van der Waals surface area contributed by atoms with Crippen LogP contribution in [0.25, 0.3) is 0 Å². The first-order valence-corrected chi connectivity index (χ1v) is 4.57. The summed E-state index contributed by atoms with van der Waals surface area (Å²) in [5.41, 5.74) is 0. The summed E-state index contributed by atoms with van der Waals surface area (Å²) in [4.78, 5) is 0. The van der Waals surface area contributed by atoms with E-state index < -0.39 is 12.3 Å². The molecular weight excluding hydrogens is 158 g/mol. The summed E-state index contributed by atoms with van der Waals surface area (Å²) >= 11 is 0. The van der Waals surface area contributed by atoms with Crippen molar-refractivity contribution in [2.75, 3.05) is 0 Å². The van der Waals surface area contributed by atoms with E-state index >= 15 is 0 Å². The van der Waals surface area contributed by atoms with Gasteiger partial charge in [0.1, 0.15) is 12.3 Å². The molecule has 0 aromatic rings. The van der Waals surface area contributed by atoms with Crippen LogP contribution in [0.2, 0.25) is 0 Å². The monoisotopic (exact) mass is 174 g/mol. The highest BCUT2D eigenvalue weighted by Gasteiger charge is 2.36. The Hall–Kier alpha value is -0.400. The molecule has 0 aromatic heterocycles. The fourth-order valence-corrected chi connectivity index (χ4v) is 1.77. The zero-order valence-electron chi connectivity index (χ0n) is 7.63. The predicted molar refractivity (Wildman–Crippen MR) is 46.5 cm³/mol. The van der Waals surface area contributed by atoms with Crippen LogP contribution in [-0.4, -0.2) is 12.3 Å². The van der Waals surface area contributed by atoms with Crippen LogP contribution < -0.4 is 0 Å². The molecule has 1 aliphatic carbocycles. The van der Waals surface area contributed by atoms with Crippen LogP contribution >= 0.6 is 0 Å². The number of hydrogen-bond acceptors (Lipinski definition) is 0. The van der Waals surface area contributed by atoms with E-state index in [9.17, 15) is 8.78 Å². The van der Waals surface area contributed by atoms with Gasteiger partial charge in [0.05, 0.1) is 0 Å². The van der Waals surface area contributed by atoms with E-state index in [1.807, 2.05) is 6.92 Å². The van der Waals surface area contributed by atoms with Gasteiger partial charge in [0, 0.05) is 5.92 Å². The van der Waals surface area contributed by atoms with Crippen molar-refractivity contribution in [2.45, 2.75) is 39.0 Å². The maximum absolute atomic E-state index is 13.3.